The molecule has 2 N–H and O–H groups in total. The third-order valence-corrected chi connectivity index (χ3v) is 4.93. The first-order valence-electron chi connectivity index (χ1n) is 6.95. The van der Waals surface area contributed by atoms with Crippen LogP contribution >= 0.6 is 0 Å². The number of nitrogens with zero attached hydrogens (tertiary/aromatic N) is 1. The predicted molar refractivity (Wildman–Crippen MR) is 73.1 cm³/mol. The molecule has 0 aliphatic heterocycles. The fraction of sp³-hybridized carbons (Fsp3) is 0.438. The summed E-state index contributed by atoms with van der Waals surface area (Å²) in [5.74, 6) is 1.36. The Balaban J connectivity index is 1.79. The lowest BCUT2D eigenvalue weighted by Crippen LogP contribution is -2.25. The maximum absolute atomic E-state index is 6.65. The van der Waals surface area contributed by atoms with Gasteiger partial charge < -0.3 is 5.73 Å². The second-order valence-corrected chi connectivity index (χ2v) is 5.82. The van der Waals surface area contributed by atoms with Crippen LogP contribution in [0.15, 0.2) is 36.4 Å². The molecule has 2 fully saturated rings. The van der Waals surface area contributed by atoms with Crippen LogP contribution < -0.4 is 5.73 Å². The number of hydrogen-bond donors (Lipinski definition) is 1. The summed E-state index contributed by atoms with van der Waals surface area (Å²) >= 11 is 0. The number of aromatic nitrogens is 1. The lowest BCUT2D eigenvalue weighted by Gasteiger charge is -2.12. The van der Waals surface area contributed by atoms with Crippen molar-refractivity contribution in [3.05, 3.63) is 42.1 Å². The van der Waals surface area contributed by atoms with Gasteiger partial charge in [-0.1, -0.05) is 37.1 Å². The van der Waals surface area contributed by atoms with E-state index in [0.717, 1.165) is 11.2 Å². The minimum atomic E-state index is -0.124. The first-order chi connectivity index (χ1) is 8.80. The van der Waals surface area contributed by atoms with Crippen molar-refractivity contribution in [3.63, 3.8) is 0 Å². The first kappa shape index (κ1) is 10.5. The van der Waals surface area contributed by atoms with Crippen molar-refractivity contribution in [2.45, 2.75) is 31.2 Å². The van der Waals surface area contributed by atoms with E-state index in [1.165, 1.54) is 31.1 Å². The molecule has 2 atom stereocenters. The lowest BCUT2D eigenvalue weighted by molar-refractivity contribution is 0.480. The molecule has 2 aromatic rings. The molecule has 1 aromatic carbocycles. The van der Waals surface area contributed by atoms with Crippen LogP contribution in [0, 0.1) is 11.8 Å². The van der Waals surface area contributed by atoms with Gasteiger partial charge in [0.1, 0.15) is 0 Å². The van der Waals surface area contributed by atoms with Gasteiger partial charge in [-0.2, -0.15) is 0 Å². The molecule has 0 spiro atoms. The maximum atomic E-state index is 6.65. The summed E-state index contributed by atoms with van der Waals surface area (Å²) in [7, 11) is 0. The Labute approximate surface area is 107 Å². The molecule has 1 aromatic heterocycles. The van der Waals surface area contributed by atoms with Crippen molar-refractivity contribution in [3.8, 4) is 0 Å². The molecule has 4 rings (SSSR count). The number of benzene rings is 1. The van der Waals surface area contributed by atoms with E-state index in [4.69, 9.17) is 10.7 Å². The van der Waals surface area contributed by atoms with E-state index in [9.17, 15) is 0 Å². The standard InChI is InChI=1S/C16H18N2/c17-16(12-6-2-3-7-13(12)16)15-10-9-11-5-1-4-8-14(11)18-15/h1,4-5,8-10,12-13H,2-3,6-7,17H2. The largest absolute Gasteiger partial charge is 0.320 e. The van der Waals surface area contributed by atoms with Crippen molar-refractivity contribution in [1.82, 2.24) is 4.98 Å². The molecule has 0 amide bonds. The number of pyridine rings is 1. The highest BCUT2D eigenvalue weighted by molar-refractivity contribution is 5.78. The lowest BCUT2D eigenvalue weighted by atomic mass is 10.0. The van der Waals surface area contributed by atoms with Gasteiger partial charge in [-0.05, 0) is 36.8 Å². The molecular weight excluding hydrogens is 220 g/mol. The van der Waals surface area contributed by atoms with E-state index in [1.54, 1.807) is 0 Å². The first-order valence-corrected chi connectivity index (χ1v) is 6.95. The highest BCUT2D eigenvalue weighted by atomic mass is 15.0. The van der Waals surface area contributed by atoms with E-state index < -0.39 is 0 Å². The second-order valence-electron chi connectivity index (χ2n) is 5.82. The molecule has 92 valence electrons. The van der Waals surface area contributed by atoms with Gasteiger partial charge >= 0.3 is 0 Å². The molecular formula is C16H18N2. The summed E-state index contributed by atoms with van der Waals surface area (Å²) in [5.41, 5.74) is 8.70. The zero-order valence-corrected chi connectivity index (χ0v) is 10.5. The van der Waals surface area contributed by atoms with E-state index in [2.05, 4.69) is 30.3 Å². The van der Waals surface area contributed by atoms with Crippen molar-refractivity contribution in [2.24, 2.45) is 17.6 Å². The summed E-state index contributed by atoms with van der Waals surface area (Å²) in [6.07, 6.45) is 5.26. The minimum absolute atomic E-state index is 0.124. The van der Waals surface area contributed by atoms with Crippen molar-refractivity contribution in [2.75, 3.05) is 0 Å². The van der Waals surface area contributed by atoms with E-state index >= 15 is 0 Å². The van der Waals surface area contributed by atoms with Crippen molar-refractivity contribution in [1.29, 1.82) is 0 Å². The number of rotatable bonds is 1. The van der Waals surface area contributed by atoms with E-state index in [0.29, 0.717) is 11.8 Å². The Morgan fingerprint density at radius 3 is 2.50 bits per heavy atom. The van der Waals surface area contributed by atoms with Crippen LogP contribution in [0.1, 0.15) is 31.4 Å². The highest BCUT2D eigenvalue weighted by Crippen LogP contribution is 2.62. The SMILES string of the molecule is NC1(c2ccc3ccccc3n2)C2CCCCC21. The molecule has 2 unspecified atom stereocenters. The summed E-state index contributed by atoms with van der Waals surface area (Å²) < 4.78 is 0. The number of para-hydroxylation sites is 1. The molecule has 2 aliphatic rings. The van der Waals surface area contributed by atoms with Crippen LogP contribution in [0.2, 0.25) is 0 Å². The third kappa shape index (κ3) is 1.30. The van der Waals surface area contributed by atoms with Gasteiger partial charge in [-0.15, -0.1) is 0 Å². The van der Waals surface area contributed by atoms with Gasteiger partial charge in [0.15, 0.2) is 0 Å². The Morgan fingerprint density at radius 1 is 1.00 bits per heavy atom. The molecule has 0 radical (unpaired) electrons. The molecule has 18 heavy (non-hydrogen) atoms. The Bertz CT molecular complexity index is 593. The molecule has 1 heterocycles. The van der Waals surface area contributed by atoms with Crippen LogP contribution in [-0.4, -0.2) is 4.98 Å². The Morgan fingerprint density at radius 2 is 1.72 bits per heavy atom. The van der Waals surface area contributed by atoms with Crippen molar-refractivity contribution < 1.29 is 0 Å². The number of fused-ring (bicyclic) bond motifs is 2. The number of hydrogen-bond acceptors (Lipinski definition) is 2. The monoisotopic (exact) mass is 238 g/mol. The second kappa shape index (κ2) is 3.55. The fourth-order valence-electron chi connectivity index (χ4n) is 3.86. The average molecular weight is 238 g/mol. The smallest absolute Gasteiger partial charge is 0.0706 e. The average Bonchev–Trinajstić information content (AvgIpc) is 3.06. The van der Waals surface area contributed by atoms with Crippen LogP contribution in [0.3, 0.4) is 0 Å². The fourth-order valence-corrected chi connectivity index (χ4v) is 3.86. The van der Waals surface area contributed by atoms with Gasteiger partial charge in [0.05, 0.1) is 16.7 Å². The van der Waals surface area contributed by atoms with E-state index in [-0.39, 0.29) is 5.54 Å². The van der Waals surface area contributed by atoms with Gasteiger partial charge in [0, 0.05) is 5.39 Å². The van der Waals surface area contributed by atoms with Crippen LogP contribution in [-0.2, 0) is 5.54 Å². The normalized spacial score (nSPS) is 34.3. The summed E-state index contributed by atoms with van der Waals surface area (Å²) in [5, 5.41) is 1.20. The Hall–Kier alpha value is -1.41. The predicted octanol–water partition coefficient (Wildman–Crippen LogP) is 3.21. The van der Waals surface area contributed by atoms with Gasteiger partial charge in [0.25, 0.3) is 0 Å². The summed E-state index contributed by atoms with van der Waals surface area (Å²) in [6, 6.07) is 12.6. The Kier molecular flexibility index (Phi) is 2.07. The molecule has 0 saturated heterocycles. The molecule has 0 bridgehead atoms. The zero-order valence-electron chi connectivity index (χ0n) is 10.5. The summed E-state index contributed by atoms with van der Waals surface area (Å²) in [4.78, 5) is 4.81. The van der Waals surface area contributed by atoms with Crippen LogP contribution in [0.5, 0.6) is 0 Å². The van der Waals surface area contributed by atoms with Crippen molar-refractivity contribution >= 4 is 10.9 Å². The maximum Gasteiger partial charge on any atom is 0.0706 e. The van der Waals surface area contributed by atoms with Gasteiger partial charge in [0.2, 0.25) is 0 Å². The zero-order chi connectivity index (χ0) is 12.2. The molecule has 2 heteroatoms. The highest BCUT2D eigenvalue weighted by Gasteiger charge is 2.63. The summed E-state index contributed by atoms with van der Waals surface area (Å²) in [6.45, 7) is 0. The molecule has 2 aliphatic carbocycles. The van der Waals surface area contributed by atoms with Gasteiger partial charge in [-0.25, -0.2) is 0 Å². The molecule has 2 nitrogen and oxygen atoms in total. The number of nitrogens with two attached hydrogens (primary N) is 1. The van der Waals surface area contributed by atoms with Gasteiger partial charge in [-0.3, -0.25) is 4.98 Å². The minimum Gasteiger partial charge on any atom is -0.320 e. The van der Waals surface area contributed by atoms with Crippen LogP contribution in [0.25, 0.3) is 10.9 Å². The molecule has 2 saturated carbocycles. The van der Waals surface area contributed by atoms with E-state index in [1.807, 2.05) is 6.07 Å². The topological polar surface area (TPSA) is 38.9 Å². The quantitative estimate of drug-likeness (QED) is 0.828. The third-order valence-electron chi connectivity index (χ3n) is 4.93. The van der Waals surface area contributed by atoms with Crippen LogP contribution in [0.4, 0.5) is 0 Å².